The van der Waals surface area contributed by atoms with Gasteiger partial charge in [0, 0.05) is 25.4 Å². The molecule has 0 saturated heterocycles. The largest absolute Gasteiger partial charge is 0.465 e. The van der Waals surface area contributed by atoms with Gasteiger partial charge in [-0.15, -0.1) is 0 Å². The Kier molecular flexibility index (Phi) is 4.58. The van der Waals surface area contributed by atoms with Gasteiger partial charge in [0.25, 0.3) is 0 Å². The monoisotopic (exact) mass is 319 g/mol. The molecule has 0 aliphatic heterocycles. The SMILES string of the molecule is CCN(C(=O)O)c1cc2ncc(C)nc2c(N(CC)C(=O)O)n1. The van der Waals surface area contributed by atoms with Crippen LogP contribution >= 0.6 is 0 Å². The van der Waals surface area contributed by atoms with Gasteiger partial charge in [0.15, 0.2) is 5.82 Å². The first-order chi connectivity index (χ1) is 10.9. The van der Waals surface area contributed by atoms with Crippen LogP contribution in [0.15, 0.2) is 12.3 Å². The minimum atomic E-state index is -1.19. The molecule has 0 unspecified atom stereocenters. The van der Waals surface area contributed by atoms with Crippen LogP contribution in [0.1, 0.15) is 19.5 Å². The van der Waals surface area contributed by atoms with E-state index in [4.69, 9.17) is 0 Å². The van der Waals surface area contributed by atoms with Crippen LogP contribution in [0, 0.1) is 6.92 Å². The van der Waals surface area contributed by atoms with E-state index >= 15 is 0 Å². The maximum absolute atomic E-state index is 11.5. The van der Waals surface area contributed by atoms with Gasteiger partial charge < -0.3 is 10.2 Å². The highest BCUT2D eigenvalue weighted by Crippen LogP contribution is 2.27. The lowest BCUT2D eigenvalue weighted by Crippen LogP contribution is -2.33. The molecule has 0 bridgehead atoms. The molecular formula is C14H17N5O4. The van der Waals surface area contributed by atoms with Crippen LogP contribution in [0.2, 0.25) is 0 Å². The first kappa shape index (κ1) is 16.4. The molecule has 2 heterocycles. The van der Waals surface area contributed by atoms with Gasteiger partial charge in [-0.1, -0.05) is 0 Å². The summed E-state index contributed by atoms with van der Waals surface area (Å²) in [4.78, 5) is 37.5. The highest BCUT2D eigenvalue weighted by atomic mass is 16.4. The van der Waals surface area contributed by atoms with Crippen molar-refractivity contribution in [3.05, 3.63) is 18.0 Å². The number of pyridine rings is 1. The Morgan fingerprint density at radius 2 is 1.70 bits per heavy atom. The molecular weight excluding hydrogens is 302 g/mol. The average Bonchev–Trinajstić information content (AvgIpc) is 2.48. The standard InChI is InChI=1S/C14H17N5O4/c1-4-18(13(20)21)10-6-9-11(16-8(3)7-15-9)12(17-10)19(5-2)14(22)23/h6-7H,4-5H2,1-3H3,(H,20,21)(H,22,23). The molecule has 2 rings (SSSR count). The van der Waals surface area contributed by atoms with Crippen LogP contribution in [0.5, 0.6) is 0 Å². The van der Waals surface area contributed by atoms with Crippen LogP contribution in [-0.4, -0.2) is 50.4 Å². The fourth-order valence-corrected chi connectivity index (χ4v) is 2.17. The third-order valence-electron chi connectivity index (χ3n) is 3.25. The Bertz CT molecular complexity index is 764. The second kappa shape index (κ2) is 6.42. The van der Waals surface area contributed by atoms with Crippen molar-refractivity contribution >= 4 is 34.9 Å². The number of aryl methyl sites for hydroxylation is 1. The van der Waals surface area contributed by atoms with Crippen LogP contribution < -0.4 is 9.80 Å². The van der Waals surface area contributed by atoms with Crippen LogP contribution in [0.3, 0.4) is 0 Å². The van der Waals surface area contributed by atoms with Crippen molar-refractivity contribution in [2.75, 3.05) is 22.9 Å². The summed E-state index contributed by atoms with van der Waals surface area (Å²) in [5.74, 6) is 0.184. The molecule has 0 spiro atoms. The van der Waals surface area contributed by atoms with Crippen molar-refractivity contribution in [1.82, 2.24) is 15.0 Å². The fourth-order valence-electron chi connectivity index (χ4n) is 2.17. The molecule has 0 fully saturated rings. The number of carbonyl (C=O) groups is 2. The summed E-state index contributed by atoms with van der Waals surface area (Å²) in [6.45, 7) is 5.37. The third kappa shape index (κ3) is 3.12. The molecule has 0 aromatic carbocycles. The van der Waals surface area contributed by atoms with Crippen LogP contribution in [0.25, 0.3) is 11.0 Å². The number of fused-ring (bicyclic) bond motifs is 1. The minimum absolute atomic E-state index is 0.0726. The highest BCUT2D eigenvalue weighted by molar-refractivity contribution is 5.98. The van der Waals surface area contributed by atoms with Crippen molar-refractivity contribution in [3.63, 3.8) is 0 Å². The number of rotatable bonds is 4. The van der Waals surface area contributed by atoms with E-state index < -0.39 is 12.2 Å². The summed E-state index contributed by atoms with van der Waals surface area (Å²) in [6.07, 6.45) is -0.840. The molecule has 2 aromatic heterocycles. The number of hydrogen-bond acceptors (Lipinski definition) is 5. The number of aromatic nitrogens is 3. The molecule has 0 aliphatic carbocycles. The number of amides is 2. The van der Waals surface area contributed by atoms with Crippen LogP contribution in [0.4, 0.5) is 21.2 Å². The normalized spacial score (nSPS) is 10.6. The Morgan fingerprint density at radius 3 is 2.22 bits per heavy atom. The Labute approximate surface area is 132 Å². The Morgan fingerprint density at radius 1 is 1.09 bits per heavy atom. The molecule has 0 atom stereocenters. The summed E-state index contributed by atoms with van der Waals surface area (Å²) in [7, 11) is 0. The average molecular weight is 319 g/mol. The lowest BCUT2D eigenvalue weighted by atomic mass is 10.3. The van der Waals surface area contributed by atoms with Gasteiger partial charge in [-0.05, 0) is 20.8 Å². The summed E-state index contributed by atoms with van der Waals surface area (Å²) in [5, 5.41) is 18.6. The lowest BCUT2D eigenvalue weighted by Gasteiger charge is -2.21. The highest BCUT2D eigenvalue weighted by Gasteiger charge is 2.23. The van der Waals surface area contributed by atoms with Crippen molar-refractivity contribution in [2.45, 2.75) is 20.8 Å². The number of hydrogen-bond donors (Lipinski definition) is 2. The van der Waals surface area contributed by atoms with Crippen molar-refractivity contribution < 1.29 is 19.8 Å². The first-order valence-corrected chi connectivity index (χ1v) is 7.04. The zero-order valence-electron chi connectivity index (χ0n) is 13.0. The van der Waals surface area contributed by atoms with Gasteiger partial charge in [0.05, 0.1) is 11.2 Å². The topological polar surface area (TPSA) is 120 Å². The molecule has 2 N–H and O–H groups in total. The molecule has 9 heteroatoms. The number of anilines is 2. The molecule has 23 heavy (non-hydrogen) atoms. The van der Waals surface area contributed by atoms with Gasteiger partial charge in [-0.3, -0.25) is 14.8 Å². The van der Waals surface area contributed by atoms with E-state index in [0.29, 0.717) is 16.7 Å². The maximum Gasteiger partial charge on any atom is 0.413 e. The van der Waals surface area contributed by atoms with Gasteiger partial charge in [0.2, 0.25) is 0 Å². The predicted octanol–water partition coefficient (Wildman–Crippen LogP) is 2.34. The van der Waals surface area contributed by atoms with E-state index in [9.17, 15) is 19.8 Å². The quantitative estimate of drug-likeness (QED) is 0.887. The Hall–Kier alpha value is -2.97. The Balaban J connectivity index is 2.77. The number of carboxylic acid groups (broad SMARTS) is 2. The van der Waals surface area contributed by atoms with E-state index in [2.05, 4.69) is 15.0 Å². The summed E-state index contributed by atoms with van der Waals surface area (Å²) in [5.41, 5.74) is 1.31. The van der Waals surface area contributed by atoms with Gasteiger partial charge in [-0.25, -0.2) is 19.6 Å². The smallest absolute Gasteiger partial charge is 0.413 e. The van der Waals surface area contributed by atoms with Crippen molar-refractivity contribution in [3.8, 4) is 0 Å². The molecule has 2 amide bonds. The van der Waals surface area contributed by atoms with E-state index in [1.807, 2.05) is 0 Å². The molecule has 2 aromatic rings. The zero-order valence-corrected chi connectivity index (χ0v) is 13.0. The van der Waals surface area contributed by atoms with E-state index in [1.54, 1.807) is 20.8 Å². The second-order valence-corrected chi connectivity index (χ2v) is 4.74. The van der Waals surface area contributed by atoms with Crippen molar-refractivity contribution in [1.29, 1.82) is 0 Å². The number of nitrogens with zero attached hydrogens (tertiary/aromatic N) is 5. The van der Waals surface area contributed by atoms with E-state index in [0.717, 1.165) is 9.80 Å². The van der Waals surface area contributed by atoms with Gasteiger partial charge in [-0.2, -0.15) is 0 Å². The molecule has 0 radical (unpaired) electrons. The molecule has 122 valence electrons. The third-order valence-corrected chi connectivity index (χ3v) is 3.25. The van der Waals surface area contributed by atoms with E-state index in [-0.39, 0.29) is 24.7 Å². The molecule has 9 nitrogen and oxygen atoms in total. The minimum Gasteiger partial charge on any atom is -0.465 e. The second-order valence-electron chi connectivity index (χ2n) is 4.74. The first-order valence-electron chi connectivity index (χ1n) is 7.04. The fraction of sp³-hybridized carbons (Fsp3) is 0.357. The zero-order chi connectivity index (χ0) is 17.1. The predicted molar refractivity (Wildman–Crippen MR) is 84.2 cm³/mol. The summed E-state index contributed by atoms with van der Waals surface area (Å²) in [6, 6.07) is 1.48. The maximum atomic E-state index is 11.5. The lowest BCUT2D eigenvalue weighted by molar-refractivity contribution is 0.201. The molecule has 0 aliphatic rings. The van der Waals surface area contributed by atoms with E-state index in [1.165, 1.54) is 12.3 Å². The summed E-state index contributed by atoms with van der Waals surface area (Å²) < 4.78 is 0. The van der Waals surface area contributed by atoms with Gasteiger partial charge in [0.1, 0.15) is 11.3 Å². The van der Waals surface area contributed by atoms with Crippen LogP contribution in [-0.2, 0) is 0 Å². The summed E-state index contributed by atoms with van der Waals surface area (Å²) >= 11 is 0. The molecule has 0 saturated carbocycles. The van der Waals surface area contributed by atoms with Crippen molar-refractivity contribution in [2.24, 2.45) is 0 Å². The van der Waals surface area contributed by atoms with Gasteiger partial charge >= 0.3 is 12.2 Å².